The molecule has 0 aliphatic carbocycles. The molecule has 9 nitrogen and oxygen atoms in total. The van der Waals surface area contributed by atoms with Gasteiger partial charge in [-0.15, -0.1) is 0 Å². The summed E-state index contributed by atoms with van der Waals surface area (Å²) in [4.78, 5) is 35.1. The second-order valence-corrected chi connectivity index (χ2v) is 6.39. The predicted molar refractivity (Wildman–Crippen MR) is 115 cm³/mol. The second kappa shape index (κ2) is 12.0. The maximum absolute atomic E-state index is 11.9. The van der Waals surface area contributed by atoms with Crippen molar-refractivity contribution in [3.8, 4) is 11.5 Å². The maximum atomic E-state index is 11.9. The molecule has 9 heteroatoms. The summed E-state index contributed by atoms with van der Waals surface area (Å²) in [5.74, 6) is -0.714. The minimum Gasteiger partial charge on any atom is -0.490 e. The molecule has 2 N–H and O–H groups in total. The van der Waals surface area contributed by atoms with Crippen molar-refractivity contribution in [3.63, 3.8) is 0 Å². The lowest BCUT2D eigenvalue weighted by Gasteiger charge is -2.11. The number of hydrogen-bond donors (Lipinski definition) is 2. The monoisotopic (exact) mass is 427 g/mol. The zero-order chi connectivity index (χ0) is 22.6. The second-order valence-electron chi connectivity index (χ2n) is 6.39. The number of methoxy groups -OCH3 is 1. The third-order valence-electron chi connectivity index (χ3n) is 3.90. The molecule has 0 aromatic heterocycles. The van der Waals surface area contributed by atoms with Crippen molar-refractivity contribution in [2.75, 3.05) is 25.6 Å². The number of hydrogen-bond acceptors (Lipinski definition) is 7. The zero-order valence-electron chi connectivity index (χ0n) is 17.6. The van der Waals surface area contributed by atoms with Gasteiger partial charge in [-0.3, -0.25) is 9.59 Å². The molecule has 0 aliphatic heterocycles. The Morgan fingerprint density at radius 2 is 1.74 bits per heavy atom. The number of nitrogens with one attached hydrogen (secondary N) is 2. The SMILES string of the molecule is CCOc1cc(C=NNC(=O)CC(=O)Nc2ccc(C)cc2)ccc1OCC(=O)OC. The summed E-state index contributed by atoms with van der Waals surface area (Å²) in [5, 5.41) is 6.50. The van der Waals surface area contributed by atoms with Gasteiger partial charge in [-0.1, -0.05) is 17.7 Å². The standard InChI is InChI=1S/C22H25N3O6/c1-4-30-19-11-16(7-10-18(19)31-14-22(28)29-3)13-23-25-21(27)12-20(26)24-17-8-5-15(2)6-9-17/h5-11,13H,4,12,14H2,1-3H3,(H,24,26)(H,25,27). The fraction of sp³-hybridized carbons (Fsp3) is 0.273. The van der Waals surface area contributed by atoms with Gasteiger partial charge in [-0.2, -0.15) is 5.10 Å². The van der Waals surface area contributed by atoms with E-state index in [9.17, 15) is 14.4 Å². The number of ether oxygens (including phenoxy) is 3. The molecule has 164 valence electrons. The lowest BCUT2D eigenvalue weighted by molar-refractivity contribution is -0.143. The molecule has 0 unspecified atom stereocenters. The van der Waals surface area contributed by atoms with Crippen LogP contribution in [0.2, 0.25) is 0 Å². The van der Waals surface area contributed by atoms with Crippen LogP contribution in [0.25, 0.3) is 0 Å². The van der Waals surface area contributed by atoms with Crippen LogP contribution >= 0.6 is 0 Å². The van der Waals surface area contributed by atoms with Gasteiger partial charge in [0.15, 0.2) is 18.1 Å². The molecule has 2 aromatic carbocycles. The number of nitrogens with zero attached hydrogens (tertiary/aromatic N) is 1. The smallest absolute Gasteiger partial charge is 0.343 e. The van der Waals surface area contributed by atoms with Crippen LogP contribution in [0.4, 0.5) is 5.69 Å². The van der Waals surface area contributed by atoms with Crippen molar-refractivity contribution in [3.05, 3.63) is 53.6 Å². The Kier molecular flexibility index (Phi) is 9.03. The minimum atomic E-state index is -0.552. The first-order chi connectivity index (χ1) is 14.9. The largest absolute Gasteiger partial charge is 0.490 e. The molecule has 0 atom stereocenters. The van der Waals surface area contributed by atoms with Gasteiger partial charge in [-0.05, 0) is 49.7 Å². The van der Waals surface area contributed by atoms with Crippen LogP contribution in [-0.2, 0) is 19.1 Å². The average molecular weight is 427 g/mol. The van der Waals surface area contributed by atoms with E-state index in [4.69, 9.17) is 9.47 Å². The van der Waals surface area contributed by atoms with Gasteiger partial charge < -0.3 is 19.5 Å². The van der Waals surface area contributed by atoms with Crippen molar-refractivity contribution < 1.29 is 28.6 Å². The lowest BCUT2D eigenvalue weighted by Crippen LogP contribution is -2.24. The highest BCUT2D eigenvalue weighted by Gasteiger charge is 2.10. The van der Waals surface area contributed by atoms with Crippen molar-refractivity contribution in [2.24, 2.45) is 5.10 Å². The van der Waals surface area contributed by atoms with Crippen LogP contribution in [0.3, 0.4) is 0 Å². The van der Waals surface area contributed by atoms with Gasteiger partial charge in [0, 0.05) is 5.69 Å². The highest BCUT2D eigenvalue weighted by atomic mass is 16.6. The Morgan fingerprint density at radius 1 is 1.00 bits per heavy atom. The molecule has 0 aliphatic rings. The summed E-state index contributed by atoms with van der Waals surface area (Å²) >= 11 is 0. The first-order valence-electron chi connectivity index (χ1n) is 9.56. The Morgan fingerprint density at radius 3 is 2.42 bits per heavy atom. The fourth-order valence-electron chi connectivity index (χ4n) is 2.39. The molecule has 0 radical (unpaired) electrons. The molecule has 0 bridgehead atoms. The Balaban J connectivity index is 1.89. The summed E-state index contributed by atoms with van der Waals surface area (Å²) in [6.45, 7) is 3.90. The molecule has 0 fully saturated rings. The van der Waals surface area contributed by atoms with E-state index < -0.39 is 17.8 Å². The Labute approximate surface area is 180 Å². The van der Waals surface area contributed by atoms with Crippen molar-refractivity contribution in [2.45, 2.75) is 20.3 Å². The van der Waals surface area contributed by atoms with Gasteiger partial charge in [0.2, 0.25) is 11.8 Å². The van der Waals surface area contributed by atoms with Crippen LogP contribution in [0.1, 0.15) is 24.5 Å². The summed E-state index contributed by atoms with van der Waals surface area (Å²) < 4.78 is 15.4. The number of carbonyl (C=O) groups excluding carboxylic acids is 3. The molecular weight excluding hydrogens is 402 g/mol. The number of esters is 1. The summed E-state index contributed by atoms with van der Waals surface area (Å²) in [7, 11) is 1.27. The number of hydrazone groups is 1. The maximum Gasteiger partial charge on any atom is 0.343 e. The first-order valence-corrected chi connectivity index (χ1v) is 9.56. The molecule has 2 rings (SSSR count). The highest BCUT2D eigenvalue weighted by Crippen LogP contribution is 2.28. The third-order valence-corrected chi connectivity index (χ3v) is 3.90. The van der Waals surface area contributed by atoms with Crippen LogP contribution in [0.5, 0.6) is 11.5 Å². The van der Waals surface area contributed by atoms with Crippen molar-refractivity contribution >= 4 is 29.7 Å². The van der Waals surface area contributed by atoms with Gasteiger partial charge in [-0.25, -0.2) is 10.2 Å². The number of anilines is 1. The van der Waals surface area contributed by atoms with E-state index in [0.29, 0.717) is 29.4 Å². The van der Waals surface area contributed by atoms with Gasteiger partial charge in [0.25, 0.3) is 0 Å². The molecule has 0 saturated heterocycles. The van der Waals surface area contributed by atoms with E-state index in [2.05, 4.69) is 20.6 Å². The molecule has 0 saturated carbocycles. The molecule has 0 heterocycles. The molecule has 2 aromatic rings. The van der Waals surface area contributed by atoms with Crippen LogP contribution < -0.4 is 20.2 Å². The van der Waals surface area contributed by atoms with Gasteiger partial charge in [0.05, 0.1) is 19.9 Å². The van der Waals surface area contributed by atoms with Gasteiger partial charge in [0.1, 0.15) is 6.42 Å². The van der Waals surface area contributed by atoms with Crippen LogP contribution in [0.15, 0.2) is 47.6 Å². The van der Waals surface area contributed by atoms with E-state index in [1.165, 1.54) is 13.3 Å². The average Bonchev–Trinajstić information content (AvgIpc) is 2.74. The Hall–Kier alpha value is -3.88. The third kappa shape index (κ3) is 8.17. The normalized spacial score (nSPS) is 10.4. The van der Waals surface area contributed by atoms with Crippen molar-refractivity contribution in [1.82, 2.24) is 5.43 Å². The quantitative estimate of drug-likeness (QED) is 0.260. The molecule has 0 spiro atoms. The Bertz CT molecular complexity index is 941. The van der Waals surface area contributed by atoms with Crippen LogP contribution in [0, 0.1) is 6.92 Å². The summed E-state index contributed by atoms with van der Waals surface area (Å²) in [6, 6.07) is 12.2. The van der Waals surface area contributed by atoms with E-state index in [1.807, 2.05) is 26.0 Å². The minimum absolute atomic E-state index is 0.245. The van der Waals surface area contributed by atoms with Crippen LogP contribution in [-0.4, -0.2) is 44.3 Å². The number of carbonyl (C=O) groups is 3. The molecule has 2 amide bonds. The zero-order valence-corrected chi connectivity index (χ0v) is 17.6. The lowest BCUT2D eigenvalue weighted by atomic mass is 10.2. The van der Waals surface area contributed by atoms with E-state index in [-0.39, 0.29) is 13.0 Å². The molecular formula is C22H25N3O6. The van der Waals surface area contributed by atoms with E-state index >= 15 is 0 Å². The van der Waals surface area contributed by atoms with E-state index in [0.717, 1.165) is 5.56 Å². The topological polar surface area (TPSA) is 115 Å². The number of benzene rings is 2. The number of aryl methyl sites for hydroxylation is 1. The fourth-order valence-corrected chi connectivity index (χ4v) is 2.39. The molecule has 31 heavy (non-hydrogen) atoms. The highest BCUT2D eigenvalue weighted by molar-refractivity contribution is 6.03. The summed E-state index contributed by atoms with van der Waals surface area (Å²) in [6.07, 6.45) is 1.04. The van der Waals surface area contributed by atoms with E-state index in [1.54, 1.807) is 30.3 Å². The van der Waals surface area contributed by atoms with Crippen molar-refractivity contribution in [1.29, 1.82) is 0 Å². The summed E-state index contributed by atoms with van der Waals surface area (Å²) in [5.41, 5.74) is 4.62. The number of amides is 2. The first kappa shape index (κ1) is 23.4. The predicted octanol–water partition coefficient (Wildman–Crippen LogP) is 2.42. The number of rotatable bonds is 10. The van der Waals surface area contributed by atoms with Gasteiger partial charge >= 0.3 is 5.97 Å².